The van der Waals surface area contributed by atoms with E-state index < -0.39 is 11.9 Å². The van der Waals surface area contributed by atoms with Crippen LogP contribution in [-0.4, -0.2) is 95.0 Å². The molecule has 2 atom stereocenters. The third-order valence-electron chi connectivity index (χ3n) is 3.93. The number of hydrogen-bond donors (Lipinski definition) is 3. The average molecular weight is 376 g/mol. The number of aliphatic hydroxyl groups excluding tert-OH is 1. The fraction of sp³-hybridized carbons (Fsp3) is 0.765. The molecule has 0 radical (unpaired) electrons. The first-order chi connectivity index (χ1) is 12.5. The first kappa shape index (κ1) is 26.4. The highest BCUT2D eigenvalue weighted by Crippen LogP contribution is 2.27. The summed E-state index contributed by atoms with van der Waals surface area (Å²) < 4.78 is 0. The molecular formula is C17H32N2O7. The number of aliphatic carboxylic acids is 2. The van der Waals surface area contributed by atoms with Crippen LogP contribution in [0.3, 0.4) is 0 Å². The molecule has 0 amide bonds. The van der Waals surface area contributed by atoms with Gasteiger partial charge in [0.25, 0.3) is 0 Å². The summed E-state index contributed by atoms with van der Waals surface area (Å²) in [5.41, 5.74) is 0. The monoisotopic (exact) mass is 376 g/mol. The molecule has 0 aliphatic heterocycles. The van der Waals surface area contributed by atoms with E-state index in [0.29, 0.717) is 25.4 Å². The summed E-state index contributed by atoms with van der Waals surface area (Å²) in [6, 6.07) is -0.483. The third kappa shape index (κ3) is 10.2. The first-order valence-electron chi connectivity index (χ1n) is 8.73. The van der Waals surface area contributed by atoms with Crippen molar-refractivity contribution in [1.82, 2.24) is 9.80 Å². The Morgan fingerprint density at radius 2 is 1.15 bits per heavy atom. The van der Waals surface area contributed by atoms with E-state index >= 15 is 0 Å². The van der Waals surface area contributed by atoms with E-state index in [0.717, 1.165) is 20.0 Å². The predicted octanol–water partition coefficient (Wildman–Crippen LogP) is 0.103. The van der Waals surface area contributed by atoms with E-state index in [-0.39, 0.29) is 38.3 Å². The van der Waals surface area contributed by atoms with Crippen molar-refractivity contribution in [3.05, 3.63) is 0 Å². The van der Waals surface area contributed by atoms with Crippen LogP contribution in [0.2, 0.25) is 0 Å². The zero-order valence-electron chi connectivity index (χ0n) is 15.8. The SMILES string of the molecule is CC.CO.O=CCN(CC(=O)O)C1CCCCC1N(CC=O)CC(=O)O. The van der Waals surface area contributed by atoms with Crippen LogP contribution in [0.5, 0.6) is 0 Å². The number of carbonyl (C=O) groups excluding carboxylic acids is 2. The van der Waals surface area contributed by atoms with Crippen LogP contribution >= 0.6 is 0 Å². The van der Waals surface area contributed by atoms with Crippen LogP contribution in [-0.2, 0) is 19.2 Å². The van der Waals surface area contributed by atoms with Gasteiger partial charge in [-0.25, -0.2) is 0 Å². The van der Waals surface area contributed by atoms with Gasteiger partial charge in [0.15, 0.2) is 0 Å². The molecule has 0 aromatic rings. The van der Waals surface area contributed by atoms with Crippen LogP contribution in [0.25, 0.3) is 0 Å². The maximum absolute atomic E-state index is 11.0. The van der Waals surface area contributed by atoms with E-state index in [4.69, 9.17) is 15.3 Å². The van der Waals surface area contributed by atoms with Gasteiger partial charge in [0.05, 0.1) is 26.2 Å². The highest BCUT2D eigenvalue weighted by Gasteiger charge is 2.35. The molecule has 0 aromatic heterocycles. The number of rotatable bonds is 10. The van der Waals surface area contributed by atoms with Crippen molar-refractivity contribution in [2.45, 2.75) is 51.6 Å². The van der Waals surface area contributed by atoms with E-state index in [9.17, 15) is 19.2 Å². The van der Waals surface area contributed by atoms with E-state index in [1.165, 1.54) is 0 Å². The van der Waals surface area contributed by atoms with Crippen LogP contribution in [0.15, 0.2) is 0 Å². The second-order valence-electron chi connectivity index (χ2n) is 5.40. The molecule has 2 unspecified atom stereocenters. The van der Waals surface area contributed by atoms with Crippen LogP contribution in [0.4, 0.5) is 0 Å². The lowest BCUT2D eigenvalue weighted by molar-refractivity contribution is -0.143. The number of carbonyl (C=O) groups is 4. The second kappa shape index (κ2) is 16.6. The Labute approximate surface area is 154 Å². The zero-order valence-corrected chi connectivity index (χ0v) is 15.8. The molecule has 9 nitrogen and oxygen atoms in total. The Morgan fingerprint density at radius 1 is 0.846 bits per heavy atom. The molecule has 0 spiro atoms. The van der Waals surface area contributed by atoms with E-state index in [1.54, 1.807) is 9.80 Å². The Bertz CT molecular complexity index is 380. The van der Waals surface area contributed by atoms with Crippen LogP contribution in [0, 0.1) is 0 Å². The van der Waals surface area contributed by atoms with Gasteiger partial charge >= 0.3 is 11.9 Å². The molecule has 152 valence electrons. The summed E-state index contributed by atoms with van der Waals surface area (Å²) in [6.07, 6.45) is 4.43. The van der Waals surface area contributed by atoms with Crippen molar-refractivity contribution in [1.29, 1.82) is 0 Å². The maximum Gasteiger partial charge on any atom is 0.317 e. The second-order valence-corrected chi connectivity index (χ2v) is 5.40. The van der Waals surface area contributed by atoms with Gasteiger partial charge in [-0.3, -0.25) is 19.4 Å². The van der Waals surface area contributed by atoms with Gasteiger partial charge in [-0.15, -0.1) is 0 Å². The lowest BCUT2D eigenvalue weighted by Gasteiger charge is -2.43. The molecule has 1 rings (SSSR count). The van der Waals surface area contributed by atoms with Gasteiger partial charge in [0.2, 0.25) is 0 Å². The van der Waals surface area contributed by atoms with Crippen molar-refractivity contribution >= 4 is 24.5 Å². The first-order valence-corrected chi connectivity index (χ1v) is 8.73. The topological polar surface area (TPSA) is 135 Å². The standard InChI is InChI=1S/C14H22N2O6.C2H6.CH4O/c17-7-5-15(9-13(19)20)11-3-1-2-4-12(11)16(6-8-18)10-14(21)22;2*1-2/h7-8,11-12H,1-6,9-10H2,(H,19,20)(H,21,22);1-2H3;2H,1H3. The molecule has 1 aliphatic carbocycles. The van der Waals surface area contributed by atoms with Gasteiger partial charge < -0.3 is 24.9 Å². The molecule has 0 bridgehead atoms. The zero-order chi connectivity index (χ0) is 20.5. The number of carboxylic acids is 2. The number of aldehydes is 2. The Balaban J connectivity index is 0. The molecule has 1 saturated carbocycles. The molecule has 1 fully saturated rings. The maximum atomic E-state index is 11.0. The fourth-order valence-corrected chi connectivity index (χ4v) is 3.12. The van der Waals surface area contributed by atoms with Gasteiger partial charge in [-0.1, -0.05) is 26.7 Å². The quantitative estimate of drug-likeness (QED) is 0.454. The summed E-state index contributed by atoms with van der Waals surface area (Å²) in [7, 11) is 1.00. The Hall–Kier alpha value is -1.84. The van der Waals surface area contributed by atoms with Gasteiger partial charge in [-0.2, -0.15) is 0 Å². The smallest absolute Gasteiger partial charge is 0.317 e. The largest absolute Gasteiger partial charge is 0.480 e. The lowest BCUT2D eigenvalue weighted by atomic mass is 9.87. The number of carboxylic acid groups (broad SMARTS) is 2. The van der Waals surface area contributed by atoms with Crippen LogP contribution < -0.4 is 0 Å². The van der Waals surface area contributed by atoms with Crippen molar-refractivity contribution in [2.75, 3.05) is 33.3 Å². The van der Waals surface area contributed by atoms with Gasteiger partial charge in [0.1, 0.15) is 12.6 Å². The summed E-state index contributed by atoms with van der Waals surface area (Å²) in [5.74, 6) is -2.07. The normalized spacial score (nSPS) is 18.8. The van der Waals surface area contributed by atoms with Crippen molar-refractivity contribution in [3.8, 4) is 0 Å². The molecule has 0 heterocycles. The number of hydrogen-bond acceptors (Lipinski definition) is 7. The minimum Gasteiger partial charge on any atom is -0.480 e. The summed E-state index contributed by atoms with van der Waals surface area (Å²) in [4.78, 5) is 46.7. The van der Waals surface area contributed by atoms with Crippen molar-refractivity contribution in [3.63, 3.8) is 0 Å². The van der Waals surface area contributed by atoms with Crippen molar-refractivity contribution < 1.29 is 34.5 Å². The van der Waals surface area contributed by atoms with Gasteiger partial charge in [0, 0.05) is 19.2 Å². The molecule has 9 heteroatoms. The fourth-order valence-electron chi connectivity index (χ4n) is 3.12. The Morgan fingerprint density at radius 3 is 1.38 bits per heavy atom. The lowest BCUT2D eigenvalue weighted by Crippen LogP contribution is -2.56. The van der Waals surface area contributed by atoms with Crippen molar-refractivity contribution in [2.24, 2.45) is 0 Å². The van der Waals surface area contributed by atoms with Crippen LogP contribution in [0.1, 0.15) is 39.5 Å². The number of aliphatic hydroxyl groups is 1. The number of nitrogens with zero attached hydrogens (tertiary/aromatic N) is 2. The summed E-state index contributed by atoms with van der Waals surface area (Å²) in [5, 5.41) is 25.0. The van der Waals surface area contributed by atoms with E-state index in [1.807, 2.05) is 13.8 Å². The highest BCUT2D eigenvalue weighted by molar-refractivity contribution is 5.70. The average Bonchev–Trinajstić information content (AvgIpc) is 2.64. The minimum atomic E-state index is -1.04. The summed E-state index contributed by atoms with van der Waals surface area (Å²) in [6.45, 7) is 3.41. The van der Waals surface area contributed by atoms with Gasteiger partial charge in [-0.05, 0) is 12.8 Å². The molecule has 0 saturated heterocycles. The highest BCUT2D eigenvalue weighted by atomic mass is 16.4. The molecule has 26 heavy (non-hydrogen) atoms. The summed E-state index contributed by atoms with van der Waals surface area (Å²) >= 11 is 0. The molecule has 3 N–H and O–H groups in total. The predicted molar refractivity (Wildman–Crippen MR) is 96.1 cm³/mol. The molecule has 0 aromatic carbocycles. The van der Waals surface area contributed by atoms with E-state index in [2.05, 4.69) is 0 Å². The third-order valence-corrected chi connectivity index (χ3v) is 3.93. The molecular weight excluding hydrogens is 344 g/mol. The minimum absolute atomic E-state index is 0.0184. The Kier molecular flexibility index (Phi) is 16.9. The molecule has 1 aliphatic rings.